The molecule has 3 aliphatic rings. The third-order valence-corrected chi connectivity index (χ3v) is 8.66. The molecular formula is C25H24ClF2N5OS. The monoisotopic (exact) mass is 515 g/mol. The molecule has 0 spiro atoms. The summed E-state index contributed by atoms with van der Waals surface area (Å²) in [6.45, 7) is 5.93. The topological polar surface area (TPSA) is 72.2 Å². The second-order valence-electron chi connectivity index (χ2n) is 10.2. The number of hydrogen-bond acceptors (Lipinski definition) is 5. The first-order chi connectivity index (χ1) is 16.5. The fourth-order valence-electron chi connectivity index (χ4n) is 5.33. The van der Waals surface area contributed by atoms with E-state index >= 15 is 0 Å². The zero-order valence-corrected chi connectivity index (χ0v) is 21.1. The minimum atomic E-state index is -2.66. The Kier molecular flexibility index (Phi) is 5.00. The molecule has 2 aliphatic carbocycles. The molecule has 35 heavy (non-hydrogen) atoms. The van der Waals surface area contributed by atoms with E-state index in [2.05, 4.69) is 20.1 Å². The number of carbonyl (C=O) groups excluding carboxylic acids is 1. The molecule has 1 fully saturated rings. The Hall–Kier alpha value is -2.65. The highest BCUT2D eigenvalue weighted by atomic mass is 35.5. The van der Waals surface area contributed by atoms with Crippen LogP contribution in [-0.4, -0.2) is 38.3 Å². The molecule has 3 heterocycles. The van der Waals surface area contributed by atoms with E-state index in [1.54, 1.807) is 11.3 Å². The van der Waals surface area contributed by atoms with Crippen molar-refractivity contribution in [3.63, 3.8) is 0 Å². The van der Waals surface area contributed by atoms with E-state index in [0.717, 1.165) is 43.9 Å². The standard InChI is InChI=1S/C25H24ClF2N5OS/c1-12-31-32-23-24(2,3)30-20(15-6-4-5-7-17(15)26)19-16-8-13(9-18(16)35-22(19)33(12)23)21(34)29-14-10-25(27,28)11-14/h4-7,13-14H,8-11H2,1-3H3,(H,29,34)/t13-/m0/s1. The third kappa shape index (κ3) is 3.62. The number of benzene rings is 1. The Labute approximate surface area is 210 Å². The van der Waals surface area contributed by atoms with Crippen LogP contribution in [-0.2, 0) is 23.2 Å². The van der Waals surface area contributed by atoms with Gasteiger partial charge in [0.25, 0.3) is 5.92 Å². The van der Waals surface area contributed by atoms with Crippen LogP contribution in [0.15, 0.2) is 29.3 Å². The van der Waals surface area contributed by atoms with Gasteiger partial charge >= 0.3 is 0 Å². The number of hydrogen-bond donors (Lipinski definition) is 1. The number of nitrogens with zero attached hydrogens (tertiary/aromatic N) is 4. The van der Waals surface area contributed by atoms with Gasteiger partial charge in [0.15, 0.2) is 5.82 Å². The lowest BCUT2D eigenvalue weighted by Crippen LogP contribution is -2.52. The summed E-state index contributed by atoms with van der Waals surface area (Å²) in [5.41, 5.74) is 2.97. The molecule has 1 atom stereocenters. The number of thiophene rings is 1. The van der Waals surface area contributed by atoms with E-state index in [1.807, 2.05) is 45.0 Å². The average molecular weight is 516 g/mol. The summed E-state index contributed by atoms with van der Waals surface area (Å²) in [5, 5.41) is 13.2. The van der Waals surface area contributed by atoms with E-state index in [0.29, 0.717) is 17.9 Å². The van der Waals surface area contributed by atoms with Gasteiger partial charge in [-0.25, -0.2) is 8.78 Å². The Bertz CT molecular complexity index is 1400. The van der Waals surface area contributed by atoms with E-state index in [4.69, 9.17) is 16.6 Å². The van der Waals surface area contributed by atoms with Gasteiger partial charge in [0.2, 0.25) is 5.91 Å². The van der Waals surface area contributed by atoms with Crippen molar-refractivity contribution in [2.45, 2.75) is 64.0 Å². The molecule has 0 radical (unpaired) electrons. The molecule has 1 aromatic carbocycles. The first-order valence-corrected chi connectivity index (χ1v) is 12.8. The van der Waals surface area contributed by atoms with E-state index < -0.39 is 17.5 Å². The maximum atomic E-state index is 13.2. The molecule has 6 nitrogen and oxygen atoms in total. The minimum Gasteiger partial charge on any atom is -0.353 e. The van der Waals surface area contributed by atoms with Gasteiger partial charge in [-0.2, -0.15) is 0 Å². The molecule has 6 rings (SSSR count). The molecule has 1 N–H and O–H groups in total. The largest absolute Gasteiger partial charge is 0.353 e. The maximum absolute atomic E-state index is 13.2. The smallest absolute Gasteiger partial charge is 0.252 e. The summed E-state index contributed by atoms with van der Waals surface area (Å²) in [6, 6.07) is 7.18. The molecule has 10 heteroatoms. The summed E-state index contributed by atoms with van der Waals surface area (Å²) in [5.74, 6) is -1.59. The number of aromatic nitrogens is 3. The minimum absolute atomic E-state index is 0.158. The van der Waals surface area contributed by atoms with E-state index in [-0.39, 0.29) is 24.7 Å². The van der Waals surface area contributed by atoms with Crippen molar-refractivity contribution in [3.05, 3.63) is 62.5 Å². The Morgan fingerprint density at radius 1 is 1.20 bits per heavy atom. The maximum Gasteiger partial charge on any atom is 0.252 e. The highest BCUT2D eigenvalue weighted by Gasteiger charge is 2.47. The highest BCUT2D eigenvalue weighted by molar-refractivity contribution is 7.15. The quantitative estimate of drug-likeness (QED) is 0.533. The number of alkyl halides is 2. The number of amides is 1. The van der Waals surface area contributed by atoms with E-state index in [1.165, 1.54) is 0 Å². The number of halogens is 3. The van der Waals surface area contributed by atoms with Crippen molar-refractivity contribution in [1.82, 2.24) is 20.1 Å². The van der Waals surface area contributed by atoms with Crippen LogP contribution in [0.5, 0.6) is 0 Å². The second-order valence-corrected chi connectivity index (χ2v) is 11.7. The van der Waals surface area contributed by atoms with Crippen LogP contribution in [0.4, 0.5) is 8.78 Å². The molecule has 0 unspecified atom stereocenters. The van der Waals surface area contributed by atoms with Crippen LogP contribution in [0.1, 0.15) is 59.9 Å². The Balaban J connectivity index is 1.44. The molecular weight excluding hydrogens is 492 g/mol. The van der Waals surface area contributed by atoms with Gasteiger partial charge in [0.1, 0.15) is 16.4 Å². The van der Waals surface area contributed by atoms with Gasteiger partial charge in [-0.05, 0) is 45.2 Å². The molecule has 0 bridgehead atoms. The zero-order valence-electron chi connectivity index (χ0n) is 19.5. The number of rotatable bonds is 3. The lowest BCUT2D eigenvalue weighted by atomic mass is 9.87. The first-order valence-electron chi connectivity index (χ1n) is 11.6. The van der Waals surface area contributed by atoms with Crippen LogP contribution in [0.2, 0.25) is 5.02 Å². The number of nitrogens with one attached hydrogen (secondary N) is 1. The fourth-order valence-corrected chi connectivity index (χ4v) is 7.01. The summed E-state index contributed by atoms with van der Waals surface area (Å²) in [4.78, 5) is 19.2. The van der Waals surface area contributed by atoms with Gasteiger partial charge in [-0.15, -0.1) is 21.5 Å². The summed E-state index contributed by atoms with van der Waals surface area (Å²) >= 11 is 8.27. The molecule has 0 saturated heterocycles. The van der Waals surface area contributed by atoms with Crippen molar-refractivity contribution in [1.29, 1.82) is 0 Å². The van der Waals surface area contributed by atoms with Crippen molar-refractivity contribution < 1.29 is 13.6 Å². The van der Waals surface area contributed by atoms with Gasteiger partial charge in [0, 0.05) is 45.8 Å². The fraction of sp³-hybridized carbons (Fsp3) is 0.440. The van der Waals surface area contributed by atoms with E-state index in [9.17, 15) is 13.6 Å². The number of aliphatic imine (C=N–C) groups is 1. The summed E-state index contributed by atoms with van der Waals surface area (Å²) in [7, 11) is 0. The SMILES string of the molecule is Cc1nnc2n1-c1sc3c(c1C(c1ccccc1Cl)=NC2(C)C)C[C@H](C(=O)NC1CC(F)(F)C1)C3. The summed E-state index contributed by atoms with van der Waals surface area (Å²) < 4.78 is 28.6. The van der Waals surface area contributed by atoms with Gasteiger partial charge in [-0.1, -0.05) is 29.8 Å². The van der Waals surface area contributed by atoms with Crippen molar-refractivity contribution in [2.75, 3.05) is 0 Å². The second kappa shape index (κ2) is 7.67. The van der Waals surface area contributed by atoms with Gasteiger partial charge < -0.3 is 5.32 Å². The lowest BCUT2D eigenvalue weighted by molar-refractivity contribution is -0.132. The first kappa shape index (κ1) is 22.8. The predicted octanol–water partition coefficient (Wildman–Crippen LogP) is 5.01. The van der Waals surface area contributed by atoms with Crippen molar-refractivity contribution >= 4 is 34.6 Å². The van der Waals surface area contributed by atoms with Crippen LogP contribution >= 0.6 is 22.9 Å². The summed E-state index contributed by atoms with van der Waals surface area (Å²) in [6.07, 6.45) is 0.529. The van der Waals surface area contributed by atoms with Gasteiger partial charge in [-0.3, -0.25) is 14.4 Å². The van der Waals surface area contributed by atoms with Crippen LogP contribution in [0.3, 0.4) is 0 Å². The molecule has 3 aromatic rings. The number of fused-ring (bicyclic) bond motifs is 5. The molecule has 1 aliphatic heterocycles. The Morgan fingerprint density at radius 3 is 2.66 bits per heavy atom. The number of carbonyl (C=O) groups is 1. The lowest BCUT2D eigenvalue weighted by Gasteiger charge is -2.35. The third-order valence-electron chi connectivity index (χ3n) is 7.09. The Morgan fingerprint density at radius 2 is 1.94 bits per heavy atom. The highest BCUT2D eigenvalue weighted by Crippen LogP contribution is 2.46. The normalized spacial score (nSPS) is 21.9. The van der Waals surface area contributed by atoms with Crippen LogP contribution in [0.25, 0.3) is 5.00 Å². The molecule has 1 amide bonds. The average Bonchev–Trinajstić information content (AvgIpc) is 3.42. The molecule has 2 aromatic heterocycles. The van der Waals surface area contributed by atoms with Crippen LogP contribution < -0.4 is 5.32 Å². The number of aryl methyl sites for hydroxylation is 1. The van der Waals surface area contributed by atoms with Gasteiger partial charge in [0.05, 0.1) is 5.71 Å². The van der Waals surface area contributed by atoms with Crippen molar-refractivity contribution in [2.24, 2.45) is 10.9 Å². The predicted molar refractivity (Wildman–Crippen MR) is 131 cm³/mol. The van der Waals surface area contributed by atoms with Crippen LogP contribution in [0, 0.1) is 12.8 Å². The van der Waals surface area contributed by atoms with Crippen molar-refractivity contribution in [3.8, 4) is 5.00 Å². The molecule has 1 saturated carbocycles. The zero-order chi connectivity index (χ0) is 24.7. The molecule has 182 valence electrons.